The van der Waals surface area contributed by atoms with Crippen LogP contribution in [0.5, 0.6) is 5.75 Å². The van der Waals surface area contributed by atoms with Crippen molar-refractivity contribution >= 4 is 27.5 Å². The van der Waals surface area contributed by atoms with E-state index in [-0.39, 0.29) is 11.2 Å². The van der Waals surface area contributed by atoms with E-state index in [1.807, 2.05) is 20.8 Å². The number of ether oxygens (including phenoxy) is 1. The molecule has 0 amide bonds. The van der Waals surface area contributed by atoms with E-state index in [0.29, 0.717) is 21.0 Å². The molecule has 0 aliphatic carbocycles. The summed E-state index contributed by atoms with van der Waals surface area (Å²) in [7, 11) is 1.42. The van der Waals surface area contributed by atoms with Crippen molar-refractivity contribution in [2.75, 3.05) is 7.11 Å². The van der Waals surface area contributed by atoms with Crippen molar-refractivity contribution in [2.45, 2.75) is 26.2 Å². The third-order valence-electron chi connectivity index (χ3n) is 2.93. The highest BCUT2D eigenvalue weighted by atomic mass is 79.9. The van der Waals surface area contributed by atoms with Gasteiger partial charge in [-0.1, -0.05) is 32.4 Å². The minimum absolute atomic E-state index is 0.179. The molecular weight excluding hydrogens is 359 g/mol. The molecule has 6 heteroatoms. The summed E-state index contributed by atoms with van der Waals surface area (Å²) in [6, 6.07) is 4.58. The fourth-order valence-electron chi connectivity index (χ4n) is 1.85. The molecule has 0 unspecified atom stereocenters. The number of hydrogen-bond donors (Lipinski definition) is 0. The van der Waals surface area contributed by atoms with Crippen LogP contribution < -0.4 is 4.74 Å². The lowest BCUT2D eigenvalue weighted by atomic mass is 9.92. The van der Waals surface area contributed by atoms with Crippen LogP contribution in [0.2, 0.25) is 5.15 Å². The van der Waals surface area contributed by atoms with E-state index < -0.39 is 5.82 Å². The Morgan fingerprint density at radius 2 is 1.90 bits per heavy atom. The Bertz CT molecular complexity index is 686. The molecule has 0 atom stereocenters. The predicted octanol–water partition coefficient (Wildman–Crippen LogP) is 5.00. The van der Waals surface area contributed by atoms with Crippen LogP contribution in [-0.2, 0) is 5.41 Å². The molecule has 0 radical (unpaired) electrons. The Labute approximate surface area is 136 Å². The summed E-state index contributed by atoms with van der Waals surface area (Å²) >= 11 is 9.57. The first-order chi connectivity index (χ1) is 9.74. The molecule has 2 rings (SSSR count). The number of hydrogen-bond acceptors (Lipinski definition) is 3. The average molecular weight is 374 g/mol. The van der Waals surface area contributed by atoms with Crippen LogP contribution >= 0.6 is 27.5 Å². The van der Waals surface area contributed by atoms with Gasteiger partial charge in [0.2, 0.25) is 0 Å². The van der Waals surface area contributed by atoms with Gasteiger partial charge in [-0.15, -0.1) is 0 Å². The summed E-state index contributed by atoms with van der Waals surface area (Å²) in [6.45, 7) is 6.07. The maximum atomic E-state index is 13.8. The smallest absolute Gasteiger partial charge is 0.165 e. The summed E-state index contributed by atoms with van der Waals surface area (Å²) in [5, 5.41) is 0.307. The van der Waals surface area contributed by atoms with Crippen molar-refractivity contribution in [3.8, 4) is 17.1 Å². The van der Waals surface area contributed by atoms with E-state index in [0.717, 1.165) is 5.69 Å². The Hall–Kier alpha value is -1.20. The second-order valence-electron chi connectivity index (χ2n) is 5.60. The van der Waals surface area contributed by atoms with Crippen LogP contribution in [0.25, 0.3) is 11.4 Å². The van der Waals surface area contributed by atoms with Gasteiger partial charge >= 0.3 is 0 Å². The molecule has 0 bridgehead atoms. The molecule has 0 N–H and O–H groups in total. The lowest BCUT2D eigenvalue weighted by Gasteiger charge is -2.20. The zero-order chi connectivity index (χ0) is 15.8. The SMILES string of the molecule is COc1ccc(-c2nc(Cl)c(Br)c(C(C)(C)C)n2)cc1F. The van der Waals surface area contributed by atoms with Gasteiger partial charge in [0.1, 0.15) is 5.15 Å². The fraction of sp³-hybridized carbons (Fsp3) is 0.333. The van der Waals surface area contributed by atoms with Crippen LogP contribution in [0.1, 0.15) is 26.5 Å². The topological polar surface area (TPSA) is 35.0 Å². The predicted molar refractivity (Wildman–Crippen MR) is 85.4 cm³/mol. The average Bonchev–Trinajstić information content (AvgIpc) is 2.40. The van der Waals surface area contributed by atoms with E-state index in [1.54, 1.807) is 12.1 Å². The molecule has 112 valence electrons. The molecule has 1 aromatic carbocycles. The van der Waals surface area contributed by atoms with E-state index in [4.69, 9.17) is 16.3 Å². The first-order valence-corrected chi connectivity index (χ1v) is 7.48. The molecule has 0 aliphatic rings. The fourth-order valence-corrected chi connectivity index (χ4v) is 2.79. The standard InChI is InChI=1S/C15H15BrClFN2O/c1-15(2,3)12-11(16)13(17)20-14(19-12)8-5-6-10(21-4)9(18)7-8/h5-7H,1-4H3. The lowest BCUT2D eigenvalue weighted by molar-refractivity contribution is 0.386. The second-order valence-corrected chi connectivity index (χ2v) is 6.75. The quantitative estimate of drug-likeness (QED) is 0.694. The molecule has 3 nitrogen and oxygen atoms in total. The van der Waals surface area contributed by atoms with Gasteiger partial charge in [0.15, 0.2) is 17.4 Å². The normalized spacial score (nSPS) is 11.6. The number of nitrogens with zero attached hydrogens (tertiary/aromatic N) is 2. The van der Waals surface area contributed by atoms with Crippen molar-refractivity contribution in [3.63, 3.8) is 0 Å². The summed E-state index contributed by atoms with van der Waals surface area (Å²) < 4.78 is 19.4. The molecule has 2 aromatic rings. The Morgan fingerprint density at radius 3 is 2.43 bits per heavy atom. The first-order valence-electron chi connectivity index (χ1n) is 6.31. The largest absolute Gasteiger partial charge is 0.494 e. The van der Waals surface area contributed by atoms with Gasteiger partial charge in [0.05, 0.1) is 17.3 Å². The summed E-state index contributed by atoms with van der Waals surface area (Å²) in [5.74, 6) is 0.0997. The molecule has 0 saturated carbocycles. The highest BCUT2D eigenvalue weighted by molar-refractivity contribution is 9.10. The lowest BCUT2D eigenvalue weighted by Crippen LogP contribution is -2.16. The minimum Gasteiger partial charge on any atom is -0.494 e. The molecule has 1 heterocycles. The van der Waals surface area contributed by atoms with Crippen molar-refractivity contribution in [3.05, 3.63) is 39.3 Å². The minimum atomic E-state index is -0.463. The van der Waals surface area contributed by atoms with Gasteiger partial charge in [0, 0.05) is 11.0 Å². The van der Waals surface area contributed by atoms with Gasteiger partial charge in [-0.25, -0.2) is 14.4 Å². The highest BCUT2D eigenvalue weighted by Crippen LogP contribution is 2.34. The monoisotopic (exact) mass is 372 g/mol. The number of aromatic nitrogens is 2. The molecule has 0 fully saturated rings. The highest BCUT2D eigenvalue weighted by Gasteiger charge is 2.23. The Kier molecular flexibility index (Phi) is 4.54. The maximum Gasteiger partial charge on any atom is 0.165 e. The number of halogens is 3. The van der Waals surface area contributed by atoms with Crippen molar-refractivity contribution in [1.82, 2.24) is 9.97 Å². The van der Waals surface area contributed by atoms with E-state index >= 15 is 0 Å². The van der Waals surface area contributed by atoms with Crippen molar-refractivity contribution in [2.24, 2.45) is 0 Å². The van der Waals surface area contributed by atoms with Gasteiger partial charge in [0.25, 0.3) is 0 Å². The van der Waals surface area contributed by atoms with Crippen LogP contribution in [0.3, 0.4) is 0 Å². The van der Waals surface area contributed by atoms with Crippen LogP contribution in [0, 0.1) is 5.82 Å². The van der Waals surface area contributed by atoms with E-state index in [2.05, 4.69) is 25.9 Å². The number of benzene rings is 1. The molecule has 1 aromatic heterocycles. The van der Waals surface area contributed by atoms with Gasteiger partial charge < -0.3 is 4.74 Å². The Balaban J connectivity index is 2.60. The summed E-state index contributed by atoms with van der Waals surface area (Å²) in [5.41, 5.74) is 1.10. The van der Waals surface area contributed by atoms with Gasteiger partial charge in [-0.3, -0.25) is 0 Å². The molecule has 0 spiro atoms. The van der Waals surface area contributed by atoms with Crippen LogP contribution in [0.4, 0.5) is 4.39 Å². The zero-order valence-electron chi connectivity index (χ0n) is 12.2. The number of methoxy groups -OCH3 is 1. The van der Waals surface area contributed by atoms with E-state index in [9.17, 15) is 4.39 Å². The number of rotatable bonds is 2. The zero-order valence-corrected chi connectivity index (χ0v) is 14.5. The molecule has 0 saturated heterocycles. The Morgan fingerprint density at radius 1 is 1.24 bits per heavy atom. The molecule has 0 aliphatic heterocycles. The molecule has 21 heavy (non-hydrogen) atoms. The molecular formula is C15H15BrClFN2O. The third-order valence-corrected chi connectivity index (χ3v) is 4.18. The summed E-state index contributed by atoms with van der Waals surface area (Å²) in [4.78, 5) is 8.74. The van der Waals surface area contributed by atoms with Gasteiger partial charge in [-0.05, 0) is 34.1 Å². The third kappa shape index (κ3) is 3.35. The van der Waals surface area contributed by atoms with E-state index in [1.165, 1.54) is 13.2 Å². The van der Waals surface area contributed by atoms with Crippen LogP contribution in [0.15, 0.2) is 22.7 Å². The van der Waals surface area contributed by atoms with Gasteiger partial charge in [-0.2, -0.15) is 0 Å². The maximum absolute atomic E-state index is 13.8. The van der Waals surface area contributed by atoms with Crippen molar-refractivity contribution in [1.29, 1.82) is 0 Å². The summed E-state index contributed by atoms with van der Waals surface area (Å²) in [6.07, 6.45) is 0. The van der Waals surface area contributed by atoms with Crippen LogP contribution in [-0.4, -0.2) is 17.1 Å². The second kappa shape index (κ2) is 5.89. The van der Waals surface area contributed by atoms with Crippen molar-refractivity contribution < 1.29 is 9.13 Å². The first kappa shape index (κ1) is 16.2.